The van der Waals surface area contributed by atoms with Crippen LogP contribution < -0.4 is 11.1 Å². The van der Waals surface area contributed by atoms with Crippen LogP contribution >= 0.6 is 12.2 Å². The zero-order valence-electron chi connectivity index (χ0n) is 11.3. The maximum Gasteiger partial charge on any atom is 0.251 e. The summed E-state index contributed by atoms with van der Waals surface area (Å²) in [6.07, 6.45) is 0.650. The van der Waals surface area contributed by atoms with E-state index in [1.165, 1.54) is 12.1 Å². The molecule has 3 nitrogen and oxygen atoms in total. The van der Waals surface area contributed by atoms with E-state index in [9.17, 15) is 9.18 Å². The Hall–Kier alpha value is -2.27. The molecule has 0 aliphatic carbocycles. The van der Waals surface area contributed by atoms with E-state index in [4.69, 9.17) is 18.0 Å². The molecule has 0 atom stereocenters. The standard InChI is InChI=1S/C16H15FN2OS/c17-14-7-1-11(2-8-14)9-10-19-16(20)13-5-3-12(4-6-13)15(18)21/h1-8H,9-10H2,(H2,18,21)(H,19,20). The van der Waals surface area contributed by atoms with Crippen LogP contribution in [0.3, 0.4) is 0 Å². The molecule has 2 aromatic rings. The number of hydrogen-bond donors (Lipinski definition) is 2. The molecule has 0 saturated heterocycles. The summed E-state index contributed by atoms with van der Waals surface area (Å²) in [4.78, 5) is 12.2. The number of halogens is 1. The quantitative estimate of drug-likeness (QED) is 0.834. The molecule has 2 aromatic carbocycles. The van der Waals surface area contributed by atoms with E-state index in [0.29, 0.717) is 23.5 Å². The van der Waals surface area contributed by atoms with Crippen LogP contribution in [0.1, 0.15) is 21.5 Å². The summed E-state index contributed by atoms with van der Waals surface area (Å²) in [5, 5.41) is 2.81. The molecular weight excluding hydrogens is 287 g/mol. The van der Waals surface area contributed by atoms with Crippen LogP contribution in [0.15, 0.2) is 48.5 Å². The van der Waals surface area contributed by atoms with Gasteiger partial charge in [-0.15, -0.1) is 0 Å². The van der Waals surface area contributed by atoms with E-state index in [-0.39, 0.29) is 11.7 Å². The van der Waals surface area contributed by atoms with E-state index < -0.39 is 0 Å². The van der Waals surface area contributed by atoms with E-state index >= 15 is 0 Å². The molecule has 2 rings (SSSR count). The summed E-state index contributed by atoms with van der Waals surface area (Å²) in [6, 6.07) is 13.0. The minimum atomic E-state index is -0.263. The fourth-order valence-electron chi connectivity index (χ4n) is 1.86. The van der Waals surface area contributed by atoms with Gasteiger partial charge in [0.2, 0.25) is 0 Å². The Labute approximate surface area is 128 Å². The average Bonchev–Trinajstić information content (AvgIpc) is 2.49. The fraction of sp³-hybridized carbons (Fsp3) is 0.125. The maximum atomic E-state index is 12.8. The van der Waals surface area contributed by atoms with Gasteiger partial charge in [0, 0.05) is 17.7 Å². The Kier molecular flexibility index (Phi) is 5.00. The first-order valence-electron chi connectivity index (χ1n) is 6.49. The van der Waals surface area contributed by atoms with Crippen LogP contribution in [-0.4, -0.2) is 17.4 Å². The van der Waals surface area contributed by atoms with Crippen molar-refractivity contribution in [2.75, 3.05) is 6.54 Å². The highest BCUT2D eigenvalue weighted by Crippen LogP contribution is 2.05. The number of rotatable bonds is 5. The molecule has 21 heavy (non-hydrogen) atoms. The summed E-state index contributed by atoms with van der Waals surface area (Å²) in [6.45, 7) is 0.488. The normalized spacial score (nSPS) is 10.1. The van der Waals surface area contributed by atoms with Gasteiger partial charge in [-0.3, -0.25) is 4.79 Å². The van der Waals surface area contributed by atoms with Crippen LogP contribution in [-0.2, 0) is 6.42 Å². The molecule has 108 valence electrons. The SMILES string of the molecule is NC(=S)c1ccc(C(=O)NCCc2ccc(F)cc2)cc1. The highest BCUT2D eigenvalue weighted by atomic mass is 32.1. The Balaban J connectivity index is 1.86. The number of hydrogen-bond acceptors (Lipinski definition) is 2. The second-order valence-corrected chi connectivity index (χ2v) is 5.01. The van der Waals surface area contributed by atoms with Crippen molar-refractivity contribution < 1.29 is 9.18 Å². The monoisotopic (exact) mass is 302 g/mol. The first-order chi connectivity index (χ1) is 10.1. The van der Waals surface area contributed by atoms with E-state index in [1.54, 1.807) is 36.4 Å². The van der Waals surface area contributed by atoms with E-state index in [0.717, 1.165) is 11.1 Å². The van der Waals surface area contributed by atoms with Crippen molar-refractivity contribution in [2.45, 2.75) is 6.42 Å². The first-order valence-corrected chi connectivity index (χ1v) is 6.89. The smallest absolute Gasteiger partial charge is 0.251 e. The van der Waals surface area contributed by atoms with E-state index in [1.807, 2.05) is 0 Å². The molecule has 0 unspecified atom stereocenters. The third-order valence-corrected chi connectivity index (χ3v) is 3.28. The molecular formula is C16H15FN2OS. The predicted octanol–water partition coefficient (Wildman–Crippen LogP) is 2.43. The molecule has 0 bridgehead atoms. The largest absolute Gasteiger partial charge is 0.389 e. The van der Waals surface area contributed by atoms with Crippen LogP contribution in [0.4, 0.5) is 4.39 Å². The molecule has 0 fully saturated rings. The summed E-state index contributed by atoms with van der Waals surface area (Å²) in [7, 11) is 0. The van der Waals surface area contributed by atoms with Gasteiger partial charge >= 0.3 is 0 Å². The topological polar surface area (TPSA) is 55.1 Å². The van der Waals surface area contributed by atoms with Gasteiger partial charge in [-0.25, -0.2) is 4.39 Å². The van der Waals surface area contributed by atoms with Crippen LogP contribution in [0.25, 0.3) is 0 Å². The van der Waals surface area contributed by atoms with Gasteiger partial charge in [0.05, 0.1) is 0 Å². The third kappa shape index (κ3) is 4.36. The molecule has 0 saturated carbocycles. The Morgan fingerprint density at radius 1 is 1.05 bits per heavy atom. The molecule has 3 N–H and O–H groups in total. The number of nitrogens with one attached hydrogen (secondary N) is 1. The van der Waals surface area contributed by atoms with Crippen molar-refractivity contribution >= 4 is 23.1 Å². The molecule has 0 radical (unpaired) electrons. The summed E-state index contributed by atoms with van der Waals surface area (Å²) in [5.74, 6) is -0.424. The van der Waals surface area contributed by atoms with Crippen LogP contribution in [0, 0.1) is 5.82 Å². The zero-order valence-corrected chi connectivity index (χ0v) is 12.1. The molecule has 5 heteroatoms. The Morgan fingerprint density at radius 3 is 2.19 bits per heavy atom. The minimum absolute atomic E-state index is 0.161. The fourth-order valence-corrected chi connectivity index (χ4v) is 2.00. The molecule has 0 spiro atoms. The predicted molar refractivity (Wildman–Crippen MR) is 84.8 cm³/mol. The molecule has 0 aliphatic rings. The number of carbonyl (C=O) groups excluding carboxylic acids is 1. The highest BCUT2D eigenvalue weighted by molar-refractivity contribution is 7.80. The van der Waals surface area contributed by atoms with Gasteiger partial charge < -0.3 is 11.1 Å². The number of benzene rings is 2. The second kappa shape index (κ2) is 6.95. The van der Waals surface area contributed by atoms with Crippen molar-refractivity contribution in [3.63, 3.8) is 0 Å². The molecule has 0 heterocycles. The van der Waals surface area contributed by atoms with Gasteiger partial charge in [0.25, 0.3) is 5.91 Å². The van der Waals surface area contributed by atoms with Gasteiger partial charge in [-0.2, -0.15) is 0 Å². The average molecular weight is 302 g/mol. The third-order valence-electron chi connectivity index (χ3n) is 3.04. The Bertz CT molecular complexity index is 638. The second-order valence-electron chi connectivity index (χ2n) is 4.57. The summed E-state index contributed by atoms with van der Waals surface area (Å²) in [5.41, 5.74) is 7.75. The lowest BCUT2D eigenvalue weighted by Crippen LogP contribution is -2.25. The number of nitrogens with two attached hydrogens (primary N) is 1. The van der Waals surface area contributed by atoms with Crippen molar-refractivity contribution in [1.29, 1.82) is 0 Å². The van der Waals surface area contributed by atoms with Crippen molar-refractivity contribution in [2.24, 2.45) is 5.73 Å². The lowest BCUT2D eigenvalue weighted by molar-refractivity contribution is 0.0954. The maximum absolute atomic E-state index is 12.8. The van der Waals surface area contributed by atoms with Gasteiger partial charge in [0.1, 0.15) is 10.8 Å². The van der Waals surface area contributed by atoms with E-state index in [2.05, 4.69) is 5.32 Å². The molecule has 1 amide bonds. The molecule has 0 aromatic heterocycles. The number of carbonyl (C=O) groups is 1. The van der Waals surface area contributed by atoms with Gasteiger partial charge in [-0.1, -0.05) is 36.5 Å². The van der Waals surface area contributed by atoms with Crippen molar-refractivity contribution in [3.8, 4) is 0 Å². The summed E-state index contributed by atoms with van der Waals surface area (Å²) >= 11 is 4.85. The first kappa shape index (κ1) is 15.1. The number of amides is 1. The van der Waals surface area contributed by atoms with Gasteiger partial charge in [0.15, 0.2) is 0 Å². The van der Waals surface area contributed by atoms with Crippen LogP contribution in [0.2, 0.25) is 0 Å². The van der Waals surface area contributed by atoms with Crippen LogP contribution in [0.5, 0.6) is 0 Å². The lowest BCUT2D eigenvalue weighted by atomic mass is 10.1. The highest BCUT2D eigenvalue weighted by Gasteiger charge is 2.05. The lowest BCUT2D eigenvalue weighted by Gasteiger charge is -2.06. The number of thiocarbonyl (C=S) groups is 1. The summed E-state index contributed by atoms with van der Waals surface area (Å²) < 4.78 is 12.8. The minimum Gasteiger partial charge on any atom is -0.389 e. The molecule has 0 aliphatic heterocycles. The Morgan fingerprint density at radius 2 is 1.62 bits per heavy atom. The van der Waals surface area contributed by atoms with Crippen molar-refractivity contribution in [3.05, 3.63) is 71.0 Å². The van der Waals surface area contributed by atoms with Gasteiger partial charge in [-0.05, 0) is 36.2 Å². The van der Waals surface area contributed by atoms with Crippen molar-refractivity contribution in [1.82, 2.24) is 5.32 Å². The zero-order chi connectivity index (χ0) is 15.2.